The number of sulfonamides is 1. The Balaban J connectivity index is 2.34. The Morgan fingerprint density at radius 1 is 1.35 bits per heavy atom. The van der Waals surface area contributed by atoms with E-state index in [0.717, 1.165) is 25.7 Å². The zero-order valence-electron chi connectivity index (χ0n) is 11.1. The van der Waals surface area contributed by atoms with Gasteiger partial charge in [-0.05, 0) is 37.5 Å². The van der Waals surface area contributed by atoms with Gasteiger partial charge in [0.2, 0.25) is 10.0 Å². The molecule has 0 aromatic heterocycles. The second-order valence-corrected chi connectivity index (χ2v) is 7.49. The quantitative estimate of drug-likeness (QED) is 0.864. The van der Waals surface area contributed by atoms with Crippen LogP contribution in [-0.4, -0.2) is 20.4 Å². The van der Waals surface area contributed by atoms with Gasteiger partial charge in [0.1, 0.15) is 0 Å². The van der Waals surface area contributed by atoms with Gasteiger partial charge in [0, 0.05) is 16.1 Å². The minimum Gasteiger partial charge on any atom is -0.349 e. The molecule has 5 nitrogen and oxygen atoms in total. The van der Waals surface area contributed by atoms with Crippen molar-refractivity contribution in [1.82, 2.24) is 5.32 Å². The van der Waals surface area contributed by atoms with Crippen molar-refractivity contribution >= 4 is 31.9 Å². The first-order valence-corrected chi connectivity index (χ1v) is 8.77. The molecular formula is C13H17BrN2O3S. The van der Waals surface area contributed by atoms with Crippen LogP contribution >= 0.6 is 15.9 Å². The van der Waals surface area contributed by atoms with Crippen molar-refractivity contribution in [3.8, 4) is 0 Å². The van der Waals surface area contributed by atoms with E-state index in [2.05, 4.69) is 21.2 Å². The molecule has 1 fully saturated rings. The van der Waals surface area contributed by atoms with Crippen molar-refractivity contribution in [1.29, 1.82) is 0 Å². The highest BCUT2D eigenvalue weighted by molar-refractivity contribution is 9.10. The van der Waals surface area contributed by atoms with Crippen LogP contribution in [0, 0.1) is 6.92 Å². The molecule has 0 spiro atoms. The van der Waals surface area contributed by atoms with E-state index in [1.807, 2.05) is 0 Å². The highest BCUT2D eigenvalue weighted by atomic mass is 79.9. The summed E-state index contributed by atoms with van der Waals surface area (Å²) in [7, 11) is -3.84. The fourth-order valence-corrected chi connectivity index (χ4v) is 3.56. The summed E-state index contributed by atoms with van der Waals surface area (Å²) in [6.07, 6.45) is 4.18. The predicted octanol–water partition coefficient (Wildman–Crippen LogP) is 2.08. The molecule has 20 heavy (non-hydrogen) atoms. The molecule has 1 aliphatic rings. The summed E-state index contributed by atoms with van der Waals surface area (Å²) in [4.78, 5) is 12.2. The van der Waals surface area contributed by atoms with Crippen LogP contribution in [0.5, 0.6) is 0 Å². The van der Waals surface area contributed by atoms with Crippen LogP contribution in [0.25, 0.3) is 0 Å². The number of nitrogens with one attached hydrogen (secondary N) is 1. The molecule has 0 atom stereocenters. The van der Waals surface area contributed by atoms with Crippen molar-refractivity contribution < 1.29 is 13.2 Å². The third-order valence-electron chi connectivity index (χ3n) is 3.58. The number of rotatable bonds is 3. The van der Waals surface area contributed by atoms with Crippen molar-refractivity contribution in [2.24, 2.45) is 5.14 Å². The molecule has 0 saturated heterocycles. The van der Waals surface area contributed by atoms with Crippen LogP contribution in [0.1, 0.15) is 41.6 Å². The van der Waals surface area contributed by atoms with Crippen molar-refractivity contribution in [2.75, 3.05) is 0 Å². The zero-order chi connectivity index (χ0) is 14.9. The highest BCUT2D eigenvalue weighted by Gasteiger charge is 2.21. The molecule has 1 amide bonds. The summed E-state index contributed by atoms with van der Waals surface area (Å²) in [6.45, 7) is 1.76. The minimum atomic E-state index is -3.84. The van der Waals surface area contributed by atoms with Gasteiger partial charge in [0.25, 0.3) is 5.91 Å². The monoisotopic (exact) mass is 360 g/mol. The Bertz CT molecular complexity index is 637. The zero-order valence-corrected chi connectivity index (χ0v) is 13.6. The maximum absolute atomic E-state index is 12.3. The van der Waals surface area contributed by atoms with Gasteiger partial charge >= 0.3 is 0 Å². The van der Waals surface area contributed by atoms with Gasteiger partial charge in [-0.3, -0.25) is 4.79 Å². The maximum atomic E-state index is 12.3. The van der Waals surface area contributed by atoms with Crippen LogP contribution in [-0.2, 0) is 10.0 Å². The summed E-state index contributed by atoms with van der Waals surface area (Å²) < 4.78 is 23.4. The first-order chi connectivity index (χ1) is 9.29. The molecule has 110 valence electrons. The number of amides is 1. The lowest BCUT2D eigenvalue weighted by Crippen LogP contribution is -2.33. The molecule has 0 unspecified atom stereocenters. The third-order valence-corrected chi connectivity index (χ3v) is 5.30. The summed E-state index contributed by atoms with van der Waals surface area (Å²) in [6, 6.07) is 2.93. The first kappa shape index (κ1) is 15.5. The summed E-state index contributed by atoms with van der Waals surface area (Å²) >= 11 is 3.27. The van der Waals surface area contributed by atoms with Crippen LogP contribution in [0.15, 0.2) is 21.5 Å². The fraction of sp³-hybridized carbons (Fsp3) is 0.462. The van der Waals surface area contributed by atoms with Crippen molar-refractivity contribution in [3.63, 3.8) is 0 Å². The van der Waals surface area contributed by atoms with Gasteiger partial charge in [0.05, 0.1) is 4.90 Å². The van der Waals surface area contributed by atoms with E-state index in [0.29, 0.717) is 15.6 Å². The van der Waals surface area contributed by atoms with E-state index in [1.54, 1.807) is 6.92 Å². The van der Waals surface area contributed by atoms with E-state index in [1.165, 1.54) is 12.1 Å². The molecule has 0 aliphatic heterocycles. The van der Waals surface area contributed by atoms with Crippen molar-refractivity contribution in [2.45, 2.75) is 43.5 Å². The lowest BCUT2D eigenvalue weighted by molar-refractivity contribution is 0.0937. The molecule has 7 heteroatoms. The van der Waals surface area contributed by atoms with Crippen LogP contribution in [0.3, 0.4) is 0 Å². The largest absolute Gasteiger partial charge is 0.349 e. The van der Waals surface area contributed by atoms with Gasteiger partial charge in [-0.25, -0.2) is 13.6 Å². The maximum Gasteiger partial charge on any atom is 0.251 e. The van der Waals surface area contributed by atoms with E-state index < -0.39 is 10.0 Å². The Hall–Kier alpha value is -0.920. The van der Waals surface area contributed by atoms with E-state index >= 15 is 0 Å². The number of hydrogen-bond acceptors (Lipinski definition) is 3. The summed E-state index contributed by atoms with van der Waals surface area (Å²) in [5, 5.41) is 8.07. The molecule has 2 rings (SSSR count). The smallest absolute Gasteiger partial charge is 0.251 e. The number of benzene rings is 1. The molecule has 0 bridgehead atoms. The molecule has 1 aromatic rings. The molecular weight excluding hydrogens is 344 g/mol. The second-order valence-electron chi connectivity index (χ2n) is 5.08. The normalized spacial score (nSPS) is 16.4. The fourth-order valence-electron chi connectivity index (χ4n) is 2.39. The molecule has 1 aliphatic carbocycles. The Morgan fingerprint density at radius 3 is 2.50 bits per heavy atom. The number of carbonyl (C=O) groups is 1. The van der Waals surface area contributed by atoms with Gasteiger partial charge < -0.3 is 5.32 Å². The lowest BCUT2D eigenvalue weighted by Gasteiger charge is -2.15. The number of hydrogen-bond donors (Lipinski definition) is 2. The number of nitrogens with two attached hydrogens (primary N) is 1. The molecule has 1 aromatic carbocycles. The molecule has 3 N–H and O–H groups in total. The molecule has 1 saturated carbocycles. The van der Waals surface area contributed by atoms with Crippen molar-refractivity contribution in [3.05, 3.63) is 27.7 Å². The lowest BCUT2D eigenvalue weighted by atomic mass is 10.1. The minimum absolute atomic E-state index is 0.0634. The SMILES string of the molecule is Cc1c(Br)cc(S(N)(=O)=O)cc1C(=O)NC1CCCC1. The van der Waals surface area contributed by atoms with Gasteiger partial charge in [-0.15, -0.1) is 0 Å². The average molecular weight is 361 g/mol. The Labute approximate surface area is 127 Å². The van der Waals surface area contributed by atoms with Crippen LogP contribution in [0.4, 0.5) is 0 Å². The highest BCUT2D eigenvalue weighted by Crippen LogP contribution is 2.25. The number of carbonyl (C=O) groups excluding carboxylic acids is 1. The molecule has 0 heterocycles. The Kier molecular flexibility index (Phi) is 4.51. The van der Waals surface area contributed by atoms with Crippen LogP contribution < -0.4 is 10.5 Å². The molecule has 0 radical (unpaired) electrons. The van der Waals surface area contributed by atoms with Crippen LogP contribution in [0.2, 0.25) is 0 Å². The predicted molar refractivity (Wildman–Crippen MR) is 80.0 cm³/mol. The second kappa shape index (κ2) is 5.83. The summed E-state index contributed by atoms with van der Waals surface area (Å²) in [5.41, 5.74) is 1.04. The van der Waals surface area contributed by atoms with Gasteiger partial charge in [-0.1, -0.05) is 28.8 Å². The number of primary sulfonamides is 1. The van der Waals surface area contributed by atoms with Gasteiger partial charge in [-0.2, -0.15) is 0 Å². The topological polar surface area (TPSA) is 89.3 Å². The first-order valence-electron chi connectivity index (χ1n) is 6.43. The standard InChI is InChI=1S/C13H17BrN2O3S/c1-8-11(13(17)16-9-4-2-3-5-9)6-10(7-12(8)14)20(15,18)19/h6-7,9H,2-5H2,1H3,(H,16,17)(H2,15,18,19). The average Bonchev–Trinajstić information content (AvgIpc) is 2.83. The Morgan fingerprint density at radius 2 is 1.95 bits per heavy atom. The summed E-state index contributed by atoms with van der Waals surface area (Å²) in [5.74, 6) is -0.249. The third kappa shape index (κ3) is 3.39. The van der Waals surface area contributed by atoms with E-state index in [-0.39, 0.29) is 16.8 Å². The number of halogens is 1. The van der Waals surface area contributed by atoms with E-state index in [4.69, 9.17) is 5.14 Å². The van der Waals surface area contributed by atoms with E-state index in [9.17, 15) is 13.2 Å². The van der Waals surface area contributed by atoms with Gasteiger partial charge in [0.15, 0.2) is 0 Å².